The van der Waals surface area contributed by atoms with E-state index in [4.69, 9.17) is 4.74 Å². The molecule has 0 spiro atoms. The van der Waals surface area contributed by atoms with Gasteiger partial charge in [0.05, 0.1) is 19.1 Å². The van der Waals surface area contributed by atoms with Gasteiger partial charge in [-0.05, 0) is 78.3 Å². The Balaban J connectivity index is 1.22. The van der Waals surface area contributed by atoms with Crippen LogP contribution < -0.4 is 10.1 Å². The summed E-state index contributed by atoms with van der Waals surface area (Å²) in [7, 11) is 1.25. The molecular formula is C37H35F3N4O5. The molecule has 2 N–H and O–H groups in total. The van der Waals surface area contributed by atoms with E-state index in [0.29, 0.717) is 17.3 Å². The molecule has 3 aromatic carbocycles. The van der Waals surface area contributed by atoms with Gasteiger partial charge in [-0.1, -0.05) is 43.3 Å². The van der Waals surface area contributed by atoms with E-state index >= 15 is 0 Å². The Morgan fingerprint density at radius 2 is 1.67 bits per heavy atom. The van der Waals surface area contributed by atoms with Gasteiger partial charge >= 0.3 is 12.1 Å². The molecule has 4 aromatic rings. The lowest BCUT2D eigenvalue weighted by Gasteiger charge is -2.21. The minimum Gasteiger partial charge on any atom is -0.497 e. The molecule has 0 aliphatic heterocycles. The third-order valence-electron chi connectivity index (χ3n) is 8.28. The average Bonchev–Trinajstić information content (AvgIpc) is 3.08. The third kappa shape index (κ3) is 9.10. The molecule has 49 heavy (non-hydrogen) atoms. The Hall–Kier alpha value is -5.52. The molecule has 1 atom stereocenters. The van der Waals surface area contributed by atoms with Gasteiger partial charge in [-0.2, -0.15) is 13.2 Å². The van der Waals surface area contributed by atoms with Crippen LogP contribution in [0, 0.1) is 5.92 Å². The SMILES string of the molecule is COc1ccc(CC(=O)Nc2ccc(C(=O)N(CC(=O)O)Cc3ccc(-c4ncc(C5=CCC(C)CC5)cn4)cc3)cc2)c(C(F)(F)F)c1. The molecular weight excluding hydrogens is 637 g/mol. The van der Waals surface area contributed by atoms with Crippen molar-refractivity contribution >= 4 is 29.0 Å². The van der Waals surface area contributed by atoms with E-state index in [2.05, 4.69) is 28.3 Å². The molecule has 1 unspecified atom stereocenters. The molecule has 1 aromatic heterocycles. The number of rotatable bonds is 11. The first-order valence-electron chi connectivity index (χ1n) is 15.7. The Kier molecular flexibility index (Phi) is 10.8. The van der Waals surface area contributed by atoms with Crippen LogP contribution in [-0.4, -0.2) is 51.4 Å². The van der Waals surface area contributed by atoms with Gasteiger partial charge in [-0.25, -0.2) is 9.97 Å². The van der Waals surface area contributed by atoms with E-state index in [9.17, 15) is 32.7 Å². The Labute approximate surface area is 281 Å². The zero-order chi connectivity index (χ0) is 35.1. The summed E-state index contributed by atoms with van der Waals surface area (Å²) in [5, 5.41) is 12.0. The summed E-state index contributed by atoms with van der Waals surface area (Å²) in [6.07, 6.45) is 3.88. The number of carbonyl (C=O) groups is 3. The predicted molar refractivity (Wildman–Crippen MR) is 178 cm³/mol. The smallest absolute Gasteiger partial charge is 0.416 e. The van der Waals surface area contributed by atoms with Crippen LogP contribution in [0.1, 0.15) is 58.8 Å². The topological polar surface area (TPSA) is 122 Å². The van der Waals surface area contributed by atoms with Gasteiger partial charge < -0.3 is 20.1 Å². The number of ether oxygens (including phenoxy) is 1. The van der Waals surface area contributed by atoms with E-state index in [1.807, 2.05) is 24.5 Å². The minimum absolute atomic E-state index is 0.0136. The maximum absolute atomic E-state index is 13.5. The quantitative estimate of drug-likeness (QED) is 0.172. The highest BCUT2D eigenvalue weighted by Gasteiger charge is 2.34. The number of aromatic nitrogens is 2. The van der Waals surface area contributed by atoms with Crippen LogP contribution in [-0.2, 0) is 28.7 Å². The molecule has 1 heterocycles. The number of hydrogen-bond donors (Lipinski definition) is 2. The standard InChI is InChI=1S/C37H35F3N4O5/c1-23-3-7-25(8-4-23)29-19-41-35(42-20-29)26-9-5-24(6-10-26)21-44(22-34(46)47)36(48)27-11-14-30(15-12-27)43-33(45)17-28-13-16-31(49-2)18-32(28)37(38,39)40/h5-7,9-16,18-20,23H,3-4,8,17,21-22H2,1-2H3,(H,43,45)(H,46,47). The van der Waals surface area contributed by atoms with Gasteiger partial charge in [0.25, 0.3) is 5.91 Å². The zero-order valence-electron chi connectivity index (χ0n) is 27.0. The van der Waals surface area contributed by atoms with Crippen LogP contribution >= 0.6 is 0 Å². The summed E-state index contributed by atoms with van der Waals surface area (Å²) in [4.78, 5) is 47.8. The van der Waals surface area contributed by atoms with Crippen LogP contribution in [0.4, 0.5) is 18.9 Å². The van der Waals surface area contributed by atoms with Crippen molar-refractivity contribution in [2.75, 3.05) is 19.0 Å². The number of allylic oxidation sites excluding steroid dienone is 2. The highest BCUT2D eigenvalue weighted by Crippen LogP contribution is 2.35. The number of hydrogen-bond acceptors (Lipinski definition) is 6. The predicted octanol–water partition coefficient (Wildman–Crippen LogP) is 7.28. The lowest BCUT2D eigenvalue weighted by molar-refractivity contribution is -0.139. The van der Waals surface area contributed by atoms with Gasteiger partial charge in [-0.3, -0.25) is 14.4 Å². The average molecular weight is 673 g/mol. The van der Waals surface area contributed by atoms with E-state index < -0.39 is 42.5 Å². The van der Waals surface area contributed by atoms with Crippen LogP contribution in [0.25, 0.3) is 17.0 Å². The van der Waals surface area contributed by atoms with Crippen molar-refractivity contribution < 1.29 is 37.4 Å². The lowest BCUT2D eigenvalue weighted by atomic mass is 9.89. The first-order valence-corrected chi connectivity index (χ1v) is 15.7. The first-order chi connectivity index (χ1) is 23.4. The molecule has 254 valence electrons. The van der Waals surface area contributed by atoms with Gasteiger partial charge in [0.1, 0.15) is 12.3 Å². The molecule has 0 bridgehead atoms. The molecule has 12 heteroatoms. The number of carbonyl (C=O) groups excluding carboxylic acids is 2. The minimum atomic E-state index is -4.68. The van der Waals surface area contributed by atoms with Crippen molar-refractivity contribution in [3.8, 4) is 17.1 Å². The number of halogens is 3. The van der Waals surface area contributed by atoms with Gasteiger partial charge in [0.15, 0.2) is 5.82 Å². The van der Waals surface area contributed by atoms with Crippen molar-refractivity contribution in [3.05, 3.63) is 113 Å². The molecule has 1 aliphatic rings. The Morgan fingerprint density at radius 3 is 2.27 bits per heavy atom. The normalized spacial score (nSPS) is 14.5. The number of methoxy groups -OCH3 is 1. The molecule has 0 fully saturated rings. The second kappa shape index (κ2) is 15.1. The van der Waals surface area contributed by atoms with Crippen molar-refractivity contribution in [2.24, 2.45) is 5.92 Å². The number of anilines is 1. The number of benzene rings is 3. The van der Waals surface area contributed by atoms with Crippen LogP contribution in [0.5, 0.6) is 5.75 Å². The number of nitrogens with one attached hydrogen (secondary N) is 1. The maximum atomic E-state index is 13.5. The summed E-state index contributed by atoms with van der Waals surface area (Å²) in [5.74, 6) is -1.18. The summed E-state index contributed by atoms with van der Waals surface area (Å²) in [5.41, 5.74) is 2.97. The largest absolute Gasteiger partial charge is 0.497 e. The fourth-order valence-corrected chi connectivity index (χ4v) is 5.57. The van der Waals surface area contributed by atoms with Gasteiger partial charge in [0, 0.05) is 41.3 Å². The first kappa shape index (κ1) is 34.8. The fourth-order valence-electron chi connectivity index (χ4n) is 5.57. The highest BCUT2D eigenvalue weighted by molar-refractivity contribution is 5.97. The van der Waals surface area contributed by atoms with Crippen LogP contribution in [0.15, 0.2) is 85.2 Å². The van der Waals surface area contributed by atoms with Crippen molar-refractivity contribution in [2.45, 2.75) is 45.3 Å². The number of nitrogens with zero attached hydrogens (tertiary/aromatic N) is 3. The molecule has 9 nitrogen and oxygen atoms in total. The van der Waals surface area contributed by atoms with E-state index in [0.717, 1.165) is 36.5 Å². The summed E-state index contributed by atoms with van der Waals surface area (Å²) >= 11 is 0. The second-order valence-corrected chi connectivity index (χ2v) is 12.0. The second-order valence-electron chi connectivity index (χ2n) is 12.0. The fraction of sp³-hybridized carbons (Fsp3) is 0.270. The molecule has 2 amide bonds. The summed E-state index contributed by atoms with van der Waals surface area (Å²) < 4.78 is 45.5. The third-order valence-corrected chi connectivity index (χ3v) is 8.28. The molecule has 0 saturated heterocycles. The van der Waals surface area contributed by atoms with Crippen LogP contribution in [0.3, 0.4) is 0 Å². The van der Waals surface area contributed by atoms with Crippen molar-refractivity contribution in [1.82, 2.24) is 14.9 Å². The highest BCUT2D eigenvalue weighted by atomic mass is 19.4. The Bertz CT molecular complexity index is 1840. The number of aliphatic carboxylic acids is 1. The molecule has 0 saturated carbocycles. The van der Waals surface area contributed by atoms with Crippen molar-refractivity contribution in [1.29, 1.82) is 0 Å². The summed E-state index contributed by atoms with van der Waals surface area (Å²) in [6.45, 7) is 1.70. The number of carboxylic acid groups (broad SMARTS) is 1. The van der Waals surface area contributed by atoms with E-state index in [1.165, 1.54) is 54.0 Å². The monoisotopic (exact) mass is 672 g/mol. The molecule has 0 radical (unpaired) electrons. The molecule has 5 rings (SSSR count). The number of carboxylic acids is 1. The molecule has 1 aliphatic carbocycles. The zero-order valence-corrected chi connectivity index (χ0v) is 27.0. The van der Waals surface area contributed by atoms with Gasteiger partial charge in [0.2, 0.25) is 5.91 Å². The maximum Gasteiger partial charge on any atom is 0.416 e. The number of alkyl halides is 3. The van der Waals surface area contributed by atoms with E-state index in [1.54, 1.807) is 12.1 Å². The van der Waals surface area contributed by atoms with Gasteiger partial charge in [-0.15, -0.1) is 0 Å². The van der Waals surface area contributed by atoms with Crippen molar-refractivity contribution in [3.63, 3.8) is 0 Å². The number of amides is 2. The Morgan fingerprint density at radius 1 is 0.980 bits per heavy atom. The van der Waals surface area contributed by atoms with Crippen LogP contribution in [0.2, 0.25) is 0 Å². The van der Waals surface area contributed by atoms with E-state index in [-0.39, 0.29) is 29.1 Å². The lowest BCUT2D eigenvalue weighted by Crippen LogP contribution is -2.35. The summed E-state index contributed by atoms with van der Waals surface area (Å²) in [6, 6.07) is 16.2.